The zero-order valence-corrected chi connectivity index (χ0v) is 16.2. The third-order valence-electron chi connectivity index (χ3n) is 5.19. The summed E-state index contributed by atoms with van der Waals surface area (Å²) in [4.78, 5) is 16.7. The summed E-state index contributed by atoms with van der Waals surface area (Å²) in [6.45, 7) is 6.03. The minimum absolute atomic E-state index is 0.0806. The maximum absolute atomic E-state index is 12.2. The monoisotopic (exact) mass is 389 g/mol. The number of carbonyl (C=O) groups excluding carboxylic acids is 1. The van der Waals surface area contributed by atoms with Gasteiger partial charge in [0, 0.05) is 32.2 Å². The average molecular weight is 390 g/mol. The molecule has 1 amide bonds. The number of hydrogen-bond acceptors (Lipinski definition) is 6. The van der Waals surface area contributed by atoms with E-state index >= 15 is 0 Å². The van der Waals surface area contributed by atoms with Gasteiger partial charge in [-0.05, 0) is 31.9 Å². The van der Waals surface area contributed by atoms with Gasteiger partial charge in [-0.1, -0.05) is 23.7 Å². The number of rotatable bonds is 6. The van der Waals surface area contributed by atoms with Gasteiger partial charge in [0.15, 0.2) is 0 Å². The van der Waals surface area contributed by atoms with E-state index < -0.39 is 0 Å². The molecule has 2 aliphatic rings. The van der Waals surface area contributed by atoms with Gasteiger partial charge in [-0.25, -0.2) is 0 Å². The Morgan fingerprint density at radius 1 is 1.26 bits per heavy atom. The zero-order valence-electron chi connectivity index (χ0n) is 15.4. The molecule has 2 aromatic rings. The second-order valence-electron chi connectivity index (χ2n) is 7.25. The third-order valence-corrected chi connectivity index (χ3v) is 5.52. The molecule has 7 nitrogen and oxygen atoms in total. The van der Waals surface area contributed by atoms with E-state index in [2.05, 4.69) is 25.3 Å². The van der Waals surface area contributed by atoms with Gasteiger partial charge in [-0.2, -0.15) is 0 Å². The summed E-state index contributed by atoms with van der Waals surface area (Å²) in [5.74, 6) is 1.17. The highest BCUT2D eigenvalue weighted by Gasteiger charge is 2.30. The smallest absolute Gasteiger partial charge is 0.249 e. The van der Waals surface area contributed by atoms with E-state index in [0.29, 0.717) is 29.4 Å². The highest BCUT2D eigenvalue weighted by Crippen LogP contribution is 2.26. The summed E-state index contributed by atoms with van der Waals surface area (Å²) in [6, 6.07) is 7.76. The lowest BCUT2D eigenvalue weighted by molar-refractivity contribution is -0.126. The average Bonchev–Trinajstić information content (AvgIpc) is 3.38. The summed E-state index contributed by atoms with van der Waals surface area (Å²) in [7, 11) is 0. The van der Waals surface area contributed by atoms with Crippen LogP contribution in [0.2, 0.25) is 5.02 Å². The van der Waals surface area contributed by atoms with Crippen LogP contribution in [0.3, 0.4) is 0 Å². The first-order valence-corrected chi connectivity index (χ1v) is 9.82. The van der Waals surface area contributed by atoms with Crippen LogP contribution >= 0.6 is 11.6 Å². The molecule has 0 radical (unpaired) electrons. The van der Waals surface area contributed by atoms with Gasteiger partial charge in [-0.15, -0.1) is 10.2 Å². The summed E-state index contributed by atoms with van der Waals surface area (Å²) in [6.07, 6.45) is 2.24. The molecule has 0 bridgehead atoms. The number of nitrogens with one attached hydrogen (secondary N) is 1. The molecular formula is C19H24ClN5O2. The van der Waals surface area contributed by atoms with Crippen molar-refractivity contribution in [3.63, 3.8) is 0 Å². The summed E-state index contributed by atoms with van der Waals surface area (Å²) in [5, 5.41) is 12.0. The van der Waals surface area contributed by atoms with Crippen molar-refractivity contribution in [3.8, 4) is 11.5 Å². The van der Waals surface area contributed by atoms with E-state index in [0.717, 1.165) is 44.6 Å². The topological polar surface area (TPSA) is 74.5 Å². The number of piperazine rings is 1. The first kappa shape index (κ1) is 18.4. The molecule has 1 atom stereocenters. The van der Waals surface area contributed by atoms with Crippen molar-refractivity contribution in [1.29, 1.82) is 0 Å². The van der Waals surface area contributed by atoms with Crippen molar-refractivity contribution in [2.45, 2.75) is 38.4 Å². The van der Waals surface area contributed by atoms with Crippen LogP contribution in [0, 0.1) is 0 Å². The van der Waals surface area contributed by atoms with Crippen LogP contribution in [-0.4, -0.2) is 64.2 Å². The molecular weight excluding hydrogens is 366 g/mol. The molecule has 4 rings (SSSR count). The molecule has 1 unspecified atom stereocenters. The standard InChI is InChI=1S/C19H24ClN5O2/c1-13(18(26)21-14-6-7-14)25-10-8-24(9-11-25)12-17-22-23-19(27-17)15-4-2-3-5-16(15)20/h2-5,13-14H,6-12H2,1H3,(H,21,26). The molecule has 1 aromatic carbocycles. The Kier molecular flexibility index (Phi) is 5.43. The molecule has 1 aliphatic carbocycles. The zero-order chi connectivity index (χ0) is 18.8. The van der Waals surface area contributed by atoms with E-state index in [9.17, 15) is 4.79 Å². The second kappa shape index (κ2) is 7.96. The predicted molar refractivity (Wildman–Crippen MR) is 102 cm³/mol. The van der Waals surface area contributed by atoms with Crippen molar-refractivity contribution in [2.24, 2.45) is 0 Å². The molecule has 2 heterocycles. The molecule has 1 aliphatic heterocycles. The first-order chi connectivity index (χ1) is 13.1. The first-order valence-electron chi connectivity index (χ1n) is 9.44. The van der Waals surface area contributed by atoms with Crippen molar-refractivity contribution >= 4 is 17.5 Å². The van der Waals surface area contributed by atoms with Crippen LogP contribution in [0.5, 0.6) is 0 Å². The van der Waals surface area contributed by atoms with Gasteiger partial charge < -0.3 is 9.73 Å². The van der Waals surface area contributed by atoms with E-state index in [4.69, 9.17) is 16.0 Å². The van der Waals surface area contributed by atoms with Gasteiger partial charge in [0.25, 0.3) is 0 Å². The van der Waals surface area contributed by atoms with Crippen LogP contribution in [-0.2, 0) is 11.3 Å². The lowest BCUT2D eigenvalue weighted by Gasteiger charge is -2.36. The van der Waals surface area contributed by atoms with Gasteiger partial charge in [0.2, 0.25) is 17.7 Å². The minimum atomic E-state index is -0.0806. The van der Waals surface area contributed by atoms with Crippen LogP contribution in [0.15, 0.2) is 28.7 Å². The molecule has 1 N–H and O–H groups in total. The summed E-state index contributed by atoms with van der Waals surface area (Å²) in [5.41, 5.74) is 0.748. The highest BCUT2D eigenvalue weighted by atomic mass is 35.5. The van der Waals surface area contributed by atoms with Gasteiger partial charge in [0.05, 0.1) is 23.2 Å². The van der Waals surface area contributed by atoms with Crippen LogP contribution < -0.4 is 5.32 Å². The lowest BCUT2D eigenvalue weighted by atomic mass is 10.2. The van der Waals surface area contributed by atoms with Crippen LogP contribution in [0.25, 0.3) is 11.5 Å². The maximum Gasteiger partial charge on any atom is 0.249 e. The summed E-state index contributed by atoms with van der Waals surface area (Å²) < 4.78 is 5.79. The van der Waals surface area contributed by atoms with E-state index in [1.807, 2.05) is 25.1 Å². The number of carbonyl (C=O) groups is 1. The normalized spacial score (nSPS) is 19.8. The van der Waals surface area contributed by atoms with E-state index in [-0.39, 0.29) is 11.9 Å². The number of hydrogen-bond donors (Lipinski definition) is 1. The van der Waals surface area contributed by atoms with Gasteiger partial charge in [0.1, 0.15) is 0 Å². The Labute approximate surface area is 163 Å². The van der Waals surface area contributed by atoms with Crippen molar-refractivity contribution in [1.82, 2.24) is 25.3 Å². The predicted octanol–water partition coefficient (Wildman–Crippen LogP) is 2.17. The molecule has 1 aromatic heterocycles. The van der Waals surface area contributed by atoms with Gasteiger partial charge in [-0.3, -0.25) is 14.6 Å². The van der Waals surface area contributed by atoms with E-state index in [1.165, 1.54) is 0 Å². The Morgan fingerprint density at radius 2 is 2.00 bits per heavy atom. The quantitative estimate of drug-likeness (QED) is 0.816. The fourth-order valence-electron chi connectivity index (χ4n) is 3.28. The lowest BCUT2D eigenvalue weighted by Crippen LogP contribution is -2.53. The molecule has 1 saturated heterocycles. The van der Waals surface area contributed by atoms with E-state index in [1.54, 1.807) is 6.07 Å². The van der Waals surface area contributed by atoms with Crippen LogP contribution in [0.1, 0.15) is 25.7 Å². The number of halogens is 1. The Morgan fingerprint density at radius 3 is 2.70 bits per heavy atom. The number of aromatic nitrogens is 2. The van der Waals surface area contributed by atoms with Crippen molar-refractivity contribution in [3.05, 3.63) is 35.2 Å². The largest absolute Gasteiger partial charge is 0.419 e. The maximum atomic E-state index is 12.2. The SMILES string of the molecule is CC(C(=O)NC1CC1)N1CCN(Cc2nnc(-c3ccccc3Cl)o2)CC1. The second-order valence-corrected chi connectivity index (χ2v) is 7.66. The van der Waals surface area contributed by atoms with Crippen LogP contribution in [0.4, 0.5) is 0 Å². The third kappa shape index (κ3) is 4.48. The fraction of sp³-hybridized carbons (Fsp3) is 0.526. The Bertz CT molecular complexity index is 799. The molecule has 8 heteroatoms. The molecule has 27 heavy (non-hydrogen) atoms. The molecule has 0 spiro atoms. The molecule has 2 fully saturated rings. The summed E-state index contributed by atoms with van der Waals surface area (Å²) >= 11 is 6.19. The van der Waals surface area contributed by atoms with Crippen molar-refractivity contribution < 1.29 is 9.21 Å². The Hall–Kier alpha value is -1.96. The molecule has 1 saturated carbocycles. The van der Waals surface area contributed by atoms with Gasteiger partial charge >= 0.3 is 0 Å². The number of benzene rings is 1. The minimum Gasteiger partial charge on any atom is -0.419 e. The highest BCUT2D eigenvalue weighted by molar-refractivity contribution is 6.33. The van der Waals surface area contributed by atoms with Crippen molar-refractivity contribution in [2.75, 3.05) is 26.2 Å². The Balaban J connectivity index is 1.29. The number of nitrogens with zero attached hydrogens (tertiary/aromatic N) is 4. The fourth-order valence-corrected chi connectivity index (χ4v) is 3.49. The number of amides is 1. The molecule has 144 valence electrons.